The van der Waals surface area contributed by atoms with Gasteiger partial charge < -0.3 is 10.1 Å². The van der Waals surface area contributed by atoms with Gasteiger partial charge in [-0.1, -0.05) is 6.07 Å². The molecular weight excluding hydrogens is 281 g/mol. The summed E-state index contributed by atoms with van der Waals surface area (Å²) in [5, 5.41) is 2.77. The Morgan fingerprint density at radius 1 is 1.50 bits per heavy atom. The normalized spacial score (nSPS) is 22.6. The molecule has 1 saturated heterocycles. The van der Waals surface area contributed by atoms with Crippen LogP contribution in [0.2, 0.25) is 0 Å². The SMILES string of the molecule is COc1ccc(C(C)NCC2CCCS2(=O)=O)c(F)c1. The van der Waals surface area contributed by atoms with Crippen molar-refractivity contribution in [1.82, 2.24) is 5.32 Å². The Morgan fingerprint density at radius 2 is 2.25 bits per heavy atom. The first-order valence-electron chi connectivity index (χ1n) is 6.72. The van der Waals surface area contributed by atoms with Crippen LogP contribution >= 0.6 is 0 Å². The van der Waals surface area contributed by atoms with Crippen LogP contribution in [0, 0.1) is 5.82 Å². The molecule has 2 atom stereocenters. The van der Waals surface area contributed by atoms with Gasteiger partial charge >= 0.3 is 0 Å². The van der Waals surface area contributed by atoms with E-state index in [1.165, 1.54) is 13.2 Å². The fourth-order valence-electron chi connectivity index (χ4n) is 2.49. The molecule has 1 heterocycles. The minimum absolute atomic E-state index is 0.239. The van der Waals surface area contributed by atoms with Crippen molar-refractivity contribution < 1.29 is 17.5 Å². The molecule has 0 saturated carbocycles. The van der Waals surface area contributed by atoms with E-state index in [9.17, 15) is 12.8 Å². The molecule has 4 nitrogen and oxygen atoms in total. The first-order chi connectivity index (χ1) is 9.44. The Hall–Kier alpha value is -1.14. The number of sulfone groups is 1. The summed E-state index contributed by atoms with van der Waals surface area (Å²) in [6, 6.07) is 4.45. The van der Waals surface area contributed by atoms with E-state index >= 15 is 0 Å². The summed E-state index contributed by atoms with van der Waals surface area (Å²) in [4.78, 5) is 0. The highest BCUT2D eigenvalue weighted by Crippen LogP contribution is 2.23. The quantitative estimate of drug-likeness (QED) is 0.904. The van der Waals surface area contributed by atoms with Crippen LogP contribution in [0.5, 0.6) is 5.75 Å². The monoisotopic (exact) mass is 301 g/mol. The van der Waals surface area contributed by atoms with Gasteiger partial charge in [0.25, 0.3) is 0 Å². The largest absolute Gasteiger partial charge is 0.497 e. The van der Waals surface area contributed by atoms with Crippen LogP contribution in [0.4, 0.5) is 4.39 Å². The number of rotatable bonds is 5. The molecule has 1 N–H and O–H groups in total. The summed E-state index contributed by atoms with van der Waals surface area (Å²) in [6.45, 7) is 2.20. The third kappa shape index (κ3) is 3.30. The highest BCUT2D eigenvalue weighted by Gasteiger charge is 2.31. The fraction of sp³-hybridized carbons (Fsp3) is 0.571. The van der Waals surface area contributed by atoms with Gasteiger partial charge in [0.15, 0.2) is 9.84 Å². The van der Waals surface area contributed by atoms with E-state index < -0.39 is 9.84 Å². The van der Waals surface area contributed by atoms with Gasteiger partial charge in [0.05, 0.1) is 18.1 Å². The molecule has 0 aromatic heterocycles. The zero-order chi connectivity index (χ0) is 14.8. The van der Waals surface area contributed by atoms with Gasteiger partial charge in [-0.05, 0) is 25.8 Å². The van der Waals surface area contributed by atoms with Crippen LogP contribution < -0.4 is 10.1 Å². The second-order valence-electron chi connectivity index (χ2n) is 5.15. The third-order valence-electron chi connectivity index (χ3n) is 3.79. The molecule has 1 aliphatic heterocycles. The summed E-state index contributed by atoms with van der Waals surface area (Å²) in [7, 11) is -1.47. The predicted molar refractivity (Wildman–Crippen MR) is 76.2 cm³/mol. The lowest BCUT2D eigenvalue weighted by Gasteiger charge is -2.18. The second-order valence-corrected chi connectivity index (χ2v) is 7.55. The zero-order valence-electron chi connectivity index (χ0n) is 11.7. The van der Waals surface area contributed by atoms with Crippen LogP contribution in [0.25, 0.3) is 0 Å². The minimum Gasteiger partial charge on any atom is -0.497 e. The molecule has 6 heteroatoms. The fourth-order valence-corrected chi connectivity index (χ4v) is 4.27. The van der Waals surface area contributed by atoms with Crippen LogP contribution in [-0.4, -0.2) is 33.1 Å². The van der Waals surface area contributed by atoms with Gasteiger partial charge in [0, 0.05) is 24.2 Å². The van der Waals surface area contributed by atoms with Crippen LogP contribution in [0.3, 0.4) is 0 Å². The predicted octanol–water partition coefficient (Wildman–Crippen LogP) is 2.06. The summed E-state index contributed by atoms with van der Waals surface area (Å²) in [6.07, 6.45) is 1.41. The lowest BCUT2D eigenvalue weighted by molar-refractivity contribution is 0.409. The van der Waals surface area contributed by atoms with Gasteiger partial charge in [0.1, 0.15) is 11.6 Å². The molecule has 2 unspecified atom stereocenters. The van der Waals surface area contributed by atoms with E-state index in [1.807, 2.05) is 6.92 Å². The Labute approximate surface area is 119 Å². The van der Waals surface area contributed by atoms with Gasteiger partial charge in [-0.3, -0.25) is 0 Å². The van der Waals surface area contributed by atoms with Crippen molar-refractivity contribution in [2.45, 2.75) is 31.1 Å². The summed E-state index contributed by atoms with van der Waals surface area (Å²) < 4.78 is 42.3. The Balaban J connectivity index is 2.00. The van der Waals surface area contributed by atoms with E-state index in [1.54, 1.807) is 12.1 Å². The first kappa shape index (κ1) is 15.3. The Bertz CT molecular complexity index is 574. The van der Waals surface area contributed by atoms with Crippen molar-refractivity contribution in [3.63, 3.8) is 0 Å². The maximum absolute atomic E-state index is 13.9. The number of nitrogens with one attached hydrogen (secondary N) is 1. The minimum atomic E-state index is -2.96. The van der Waals surface area contributed by atoms with Crippen molar-refractivity contribution in [2.75, 3.05) is 19.4 Å². The number of methoxy groups -OCH3 is 1. The zero-order valence-corrected chi connectivity index (χ0v) is 12.5. The van der Waals surface area contributed by atoms with E-state index in [0.29, 0.717) is 24.3 Å². The first-order valence-corrected chi connectivity index (χ1v) is 8.44. The topological polar surface area (TPSA) is 55.4 Å². The summed E-state index contributed by atoms with van der Waals surface area (Å²) >= 11 is 0. The molecule has 0 aliphatic carbocycles. The molecule has 1 fully saturated rings. The van der Waals surface area contributed by atoms with Gasteiger partial charge in [0.2, 0.25) is 0 Å². The highest BCUT2D eigenvalue weighted by molar-refractivity contribution is 7.92. The molecule has 1 aromatic rings. The lowest BCUT2D eigenvalue weighted by atomic mass is 10.1. The summed E-state index contributed by atoms with van der Waals surface area (Å²) in [5.41, 5.74) is 0.515. The molecule has 1 aliphatic rings. The van der Waals surface area contributed by atoms with E-state index in [0.717, 1.165) is 6.42 Å². The Kier molecular flexibility index (Phi) is 4.65. The van der Waals surface area contributed by atoms with Crippen molar-refractivity contribution in [3.8, 4) is 5.75 Å². The molecule has 2 rings (SSSR count). The highest BCUT2D eigenvalue weighted by atomic mass is 32.2. The molecular formula is C14H20FNO3S. The van der Waals surface area contributed by atoms with Crippen molar-refractivity contribution in [3.05, 3.63) is 29.6 Å². The van der Waals surface area contributed by atoms with E-state index in [2.05, 4.69) is 5.32 Å². The lowest BCUT2D eigenvalue weighted by Crippen LogP contribution is -2.32. The molecule has 112 valence electrons. The maximum atomic E-state index is 13.9. The number of ether oxygens (including phenoxy) is 1. The molecule has 0 spiro atoms. The average Bonchev–Trinajstić information content (AvgIpc) is 2.74. The standard InChI is InChI=1S/C14H20FNO3S/c1-10(13-6-5-11(19-2)8-14(13)15)16-9-12-4-3-7-20(12,17)18/h5-6,8,10,12,16H,3-4,7,9H2,1-2H3. The molecule has 1 aromatic carbocycles. The van der Waals surface area contributed by atoms with E-state index in [4.69, 9.17) is 4.74 Å². The average molecular weight is 301 g/mol. The van der Waals surface area contributed by atoms with Crippen LogP contribution in [0.15, 0.2) is 18.2 Å². The maximum Gasteiger partial charge on any atom is 0.154 e. The molecule has 0 bridgehead atoms. The van der Waals surface area contributed by atoms with Gasteiger partial charge in [-0.25, -0.2) is 12.8 Å². The van der Waals surface area contributed by atoms with Crippen molar-refractivity contribution in [2.24, 2.45) is 0 Å². The Morgan fingerprint density at radius 3 is 2.80 bits per heavy atom. The number of hydrogen-bond donors (Lipinski definition) is 1. The van der Waals surface area contributed by atoms with Crippen molar-refractivity contribution >= 4 is 9.84 Å². The second kappa shape index (κ2) is 6.10. The van der Waals surface area contributed by atoms with Gasteiger partial charge in [-0.15, -0.1) is 0 Å². The number of halogens is 1. The number of benzene rings is 1. The van der Waals surface area contributed by atoms with Crippen molar-refractivity contribution in [1.29, 1.82) is 0 Å². The van der Waals surface area contributed by atoms with Crippen LogP contribution in [0.1, 0.15) is 31.4 Å². The van der Waals surface area contributed by atoms with Gasteiger partial charge in [-0.2, -0.15) is 0 Å². The molecule has 20 heavy (non-hydrogen) atoms. The molecule has 0 radical (unpaired) electrons. The smallest absolute Gasteiger partial charge is 0.154 e. The van der Waals surface area contributed by atoms with Crippen LogP contribution in [-0.2, 0) is 9.84 Å². The molecule has 0 amide bonds. The summed E-state index contributed by atoms with van der Waals surface area (Å²) in [5.74, 6) is 0.389. The third-order valence-corrected chi connectivity index (χ3v) is 6.06. The number of hydrogen-bond acceptors (Lipinski definition) is 4. The van der Waals surface area contributed by atoms with E-state index in [-0.39, 0.29) is 22.9 Å².